The van der Waals surface area contributed by atoms with E-state index in [-0.39, 0.29) is 17.8 Å². The first-order valence-electron chi connectivity index (χ1n) is 7.41. The highest BCUT2D eigenvalue weighted by molar-refractivity contribution is 7.98. The van der Waals surface area contributed by atoms with Gasteiger partial charge in [0.15, 0.2) is 0 Å². The van der Waals surface area contributed by atoms with Crippen LogP contribution in [-0.4, -0.2) is 45.2 Å². The SMILES string of the molecule is CSc1cccc(S(=O)(=O)N2CCC3(CCNCC3)C2)c1.Cl. The van der Waals surface area contributed by atoms with Gasteiger partial charge in [-0.25, -0.2) is 8.42 Å². The quantitative estimate of drug-likeness (QED) is 0.840. The van der Waals surface area contributed by atoms with E-state index in [1.165, 1.54) is 0 Å². The minimum atomic E-state index is -3.35. The lowest BCUT2D eigenvalue weighted by Gasteiger charge is -2.33. The van der Waals surface area contributed by atoms with E-state index in [2.05, 4.69) is 5.32 Å². The van der Waals surface area contributed by atoms with Gasteiger partial charge in [0.25, 0.3) is 0 Å². The molecule has 1 N–H and O–H groups in total. The number of piperidine rings is 1. The normalized spacial score (nSPS) is 21.7. The summed E-state index contributed by atoms with van der Waals surface area (Å²) >= 11 is 1.57. The Morgan fingerprint density at radius 3 is 2.64 bits per heavy atom. The van der Waals surface area contributed by atoms with Gasteiger partial charge in [-0.3, -0.25) is 0 Å². The number of rotatable bonds is 3. The van der Waals surface area contributed by atoms with Crippen molar-refractivity contribution in [3.8, 4) is 0 Å². The number of hydrogen-bond acceptors (Lipinski definition) is 4. The average molecular weight is 363 g/mol. The summed E-state index contributed by atoms with van der Waals surface area (Å²) < 4.78 is 27.4. The zero-order valence-electron chi connectivity index (χ0n) is 12.7. The highest BCUT2D eigenvalue weighted by Crippen LogP contribution is 2.40. The van der Waals surface area contributed by atoms with Gasteiger partial charge >= 0.3 is 0 Å². The molecule has 2 aliphatic heterocycles. The van der Waals surface area contributed by atoms with Gasteiger partial charge < -0.3 is 5.32 Å². The highest BCUT2D eigenvalue weighted by Gasteiger charge is 2.43. The molecule has 4 nitrogen and oxygen atoms in total. The van der Waals surface area contributed by atoms with Crippen LogP contribution in [0.3, 0.4) is 0 Å². The minimum absolute atomic E-state index is 0. The van der Waals surface area contributed by atoms with Crippen molar-refractivity contribution in [2.75, 3.05) is 32.4 Å². The molecule has 2 heterocycles. The van der Waals surface area contributed by atoms with Gasteiger partial charge in [0.1, 0.15) is 0 Å². The van der Waals surface area contributed by atoms with Gasteiger partial charge in [-0.05, 0) is 62.2 Å². The fourth-order valence-electron chi connectivity index (χ4n) is 3.38. The molecule has 124 valence electrons. The Balaban J connectivity index is 0.00000176. The molecular formula is C15H23ClN2O2S2. The Labute approximate surface area is 143 Å². The summed E-state index contributed by atoms with van der Waals surface area (Å²) in [5.41, 5.74) is 0.204. The molecule has 0 atom stereocenters. The van der Waals surface area contributed by atoms with Crippen LogP contribution in [0.25, 0.3) is 0 Å². The van der Waals surface area contributed by atoms with Crippen molar-refractivity contribution < 1.29 is 8.42 Å². The Morgan fingerprint density at radius 2 is 1.95 bits per heavy atom. The van der Waals surface area contributed by atoms with E-state index < -0.39 is 10.0 Å². The predicted molar refractivity (Wildman–Crippen MR) is 93.4 cm³/mol. The molecule has 2 aliphatic rings. The lowest BCUT2D eigenvalue weighted by atomic mass is 9.78. The van der Waals surface area contributed by atoms with Crippen LogP contribution in [0, 0.1) is 5.41 Å². The van der Waals surface area contributed by atoms with Gasteiger partial charge in [-0.1, -0.05) is 6.07 Å². The maximum atomic E-state index is 12.8. The lowest BCUT2D eigenvalue weighted by Crippen LogP contribution is -2.39. The van der Waals surface area contributed by atoms with Crippen molar-refractivity contribution >= 4 is 34.2 Å². The Kier molecular flexibility index (Phi) is 5.83. The molecular weight excluding hydrogens is 340 g/mol. The van der Waals surface area contributed by atoms with Crippen molar-refractivity contribution in [1.82, 2.24) is 9.62 Å². The van der Waals surface area contributed by atoms with Crippen LogP contribution in [-0.2, 0) is 10.0 Å². The Hall–Kier alpha value is -0.270. The van der Waals surface area contributed by atoms with Crippen molar-refractivity contribution in [2.45, 2.75) is 29.1 Å². The first kappa shape index (κ1) is 18.1. The van der Waals surface area contributed by atoms with Gasteiger partial charge in [-0.2, -0.15) is 4.31 Å². The van der Waals surface area contributed by atoms with E-state index in [1.54, 1.807) is 28.2 Å². The molecule has 0 radical (unpaired) electrons. The third-order valence-electron chi connectivity index (χ3n) is 4.75. The lowest BCUT2D eigenvalue weighted by molar-refractivity contribution is 0.218. The fraction of sp³-hybridized carbons (Fsp3) is 0.600. The predicted octanol–water partition coefficient (Wildman–Crippen LogP) is 2.59. The molecule has 2 saturated heterocycles. The van der Waals surface area contributed by atoms with Crippen LogP contribution < -0.4 is 5.32 Å². The maximum Gasteiger partial charge on any atom is 0.243 e. The summed E-state index contributed by atoms with van der Waals surface area (Å²) in [4.78, 5) is 1.42. The number of halogens is 1. The van der Waals surface area contributed by atoms with Crippen LogP contribution in [0.2, 0.25) is 0 Å². The van der Waals surface area contributed by atoms with Crippen molar-refractivity contribution in [1.29, 1.82) is 0 Å². The summed E-state index contributed by atoms with van der Waals surface area (Å²) in [7, 11) is -3.35. The van der Waals surface area contributed by atoms with Crippen molar-refractivity contribution in [2.24, 2.45) is 5.41 Å². The molecule has 0 unspecified atom stereocenters. The molecule has 0 bridgehead atoms. The Morgan fingerprint density at radius 1 is 1.23 bits per heavy atom. The zero-order chi connectivity index (χ0) is 14.9. The van der Waals surface area contributed by atoms with Gasteiger partial charge in [-0.15, -0.1) is 24.2 Å². The molecule has 22 heavy (non-hydrogen) atoms. The molecule has 3 rings (SSSR count). The second-order valence-electron chi connectivity index (χ2n) is 6.02. The number of hydrogen-bond donors (Lipinski definition) is 1. The molecule has 1 aromatic rings. The minimum Gasteiger partial charge on any atom is -0.317 e. The zero-order valence-corrected chi connectivity index (χ0v) is 15.2. The molecule has 7 heteroatoms. The number of benzene rings is 1. The van der Waals surface area contributed by atoms with Crippen LogP contribution >= 0.6 is 24.2 Å². The van der Waals surface area contributed by atoms with E-state index >= 15 is 0 Å². The summed E-state index contributed by atoms with van der Waals surface area (Å²) in [5, 5.41) is 3.37. The van der Waals surface area contributed by atoms with E-state index in [4.69, 9.17) is 0 Å². The largest absolute Gasteiger partial charge is 0.317 e. The number of nitrogens with zero attached hydrogens (tertiary/aromatic N) is 1. The topological polar surface area (TPSA) is 49.4 Å². The molecule has 0 aliphatic carbocycles. The van der Waals surface area contributed by atoms with Crippen LogP contribution in [0.1, 0.15) is 19.3 Å². The number of thioether (sulfide) groups is 1. The van der Waals surface area contributed by atoms with E-state index in [0.717, 1.165) is 37.2 Å². The first-order valence-corrected chi connectivity index (χ1v) is 10.1. The molecule has 2 fully saturated rings. The molecule has 0 aromatic heterocycles. The molecule has 1 aromatic carbocycles. The van der Waals surface area contributed by atoms with E-state index in [9.17, 15) is 8.42 Å². The smallest absolute Gasteiger partial charge is 0.243 e. The maximum absolute atomic E-state index is 12.8. The second kappa shape index (κ2) is 7.09. The van der Waals surface area contributed by atoms with E-state index in [0.29, 0.717) is 18.0 Å². The van der Waals surface area contributed by atoms with Crippen molar-refractivity contribution in [3.63, 3.8) is 0 Å². The third-order valence-corrected chi connectivity index (χ3v) is 7.31. The average Bonchev–Trinajstić information content (AvgIpc) is 2.92. The summed E-state index contributed by atoms with van der Waals surface area (Å²) in [6, 6.07) is 7.27. The van der Waals surface area contributed by atoms with Gasteiger partial charge in [0.2, 0.25) is 10.0 Å². The number of sulfonamides is 1. The molecule has 0 amide bonds. The van der Waals surface area contributed by atoms with E-state index in [1.807, 2.05) is 18.4 Å². The van der Waals surface area contributed by atoms with Gasteiger partial charge in [0.05, 0.1) is 4.90 Å². The van der Waals surface area contributed by atoms with Gasteiger partial charge in [0, 0.05) is 18.0 Å². The van der Waals surface area contributed by atoms with Crippen LogP contribution in [0.15, 0.2) is 34.1 Å². The Bertz CT molecular complexity index is 616. The summed E-state index contributed by atoms with van der Waals surface area (Å²) in [5.74, 6) is 0. The highest BCUT2D eigenvalue weighted by atomic mass is 35.5. The fourth-order valence-corrected chi connectivity index (χ4v) is 5.51. The molecule has 1 spiro atoms. The monoisotopic (exact) mass is 362 g/mol. The first-order chi connectivity index (χ1) is 10.1. The van der Waals surface area contributed by atoms with Crippen LogP contribution in [0.5, 0.6) is 0 Å². The second-order valence-corrected chi connectivity index (χ2v) is 8.84. The number of nitrogens with one attached hydrogen (secondary N) is 1. The van der Waals surface area contributed by atoms with Crippen LogP contribution in [0.4, 0.5) is 0 Å². The standard InChI is InChI=1S/C15H22N2O2S2.ClH/c1-20-13-3-2-4-14(11-13)21(18,19)17-10-7-15(12-17)5-8-16-9-6-15;/h2-4,11,16H,5-10,12H2,1H3;1H. The third kappa shape index (κ3) is 3.46. The summed E-state index contributed by atoms with van der Waals surface area (Å²) in [6.45, 7) is 3.36. The van der Waals surface area contributed by atoms with Crippen molar-refractivity contribution in [3.05, 3.63) is 24.3 Å². The molecule has 0 saturated carbocycles. The summed E-state index contributed by atoms with van der Waals surface area (Å²) in [6.07, 6.45) is 5.13.